The molecule has 6 nitrogen and oxygen atoms in total. The molecule has 2 heterocycles. The number of amides is 2. The maximum Gasteiger partial charge on any atom is 0.308 e. The molecule has 0 unspecified atom stereocenters. The maximum atomic E-state index is 12.9. The highest BCUT2D eigenvalue weighted by molar-refractivity contribution is 8.19. The van der Waals surface area contributed by atoms with Crippen LogP contribution in [0.15, 0.2) is 65.6 Å². The summed E-state index contributed by atoms with van der Waals surface area (Å²) in [5, 5.41) is -0.308. The standard InChI is InChI=1S/C24H20N2O4S/c1-15-13-18(16(2)25(15)20-9-11-21(12-10-20)30-17(3)27)14-22-23(28)26(24(29)31-22)19-7-5-4-6-8-19/h4-14H,1-3H3/b22-14-. The molecule has 1 aliphatic rings. The van der Waals surface area contributed by atoms with Crippen molar-refractivity contribution in [2.75, 3.05) is 4.90 Å². The first-order chi connectivity index (χ1) is 14.8. The van der Waals surface area contributed by atoms with E-state index in [1.165, 1.54) is 11.8 Å². The fraction of sp³-hybridized carbons (Fsp3) is 0.125. The molecule has 0 bridgehead atoms. The highest BCUT2D eigenvalue weighted by Gasteiger charge is 2.36. The van der Waals surface area contributed by atoms with Crippen LogP contribution in [-0.4, -0.2) is 21.7 Å². The Bertz CT molecular complexity index is 1210. The zero-order valence-electron chi connectivity index (χ0n) is 17.3. The van der Waals surface area contributed by atoms with Gasteiger partial charge in [0.1, 0.15) is 5.75 Å². The lowest BCUT2D eigenvalue weighted by Gasteiger charge is -2.11. The summed E-state index contributed by atoms with van der Waals surface area (Å²) in [6, 6.07) is 18.1. The van der Waals surface area contributed by atoms with Crippen molar-refractivity contribution >= 4 is 40.6 Å². The highest BCUT2D eigenvalue weighted by atomic mass is 32.2. The van der Waals surface area contributed by atoms with Gasteiger partial charge in [-0.25, -0.2) is 4.90 Å². The van der Waals surface area contributed by atoms with E-state index in [0.29, 0.717) is 16.3 Å². The quantitative estimate of drug-likeness (QED) is 0.320. The lowest BCUT2D eigenvalue weighted by atomic mass is 10.2. The number of ether oxygens (including phenoxy) is 1. The van der Waals surface area contributed by atoms with Crippen molar-refractivity contribution in [2.45, 2.75) is 20.8 Å². The van der Waals surface area contributed by atoms with Gasteiger partial charge in [-0.05, 0) is 79.7 Å². The molecule has 31 heavy (non-hydrogen) atoms. The van der Waals surface area contributed by atoms with E-state index in [1.807, 2.05) is 42.7 Å². The summed E-state index contributed by atoms with van der Waals surface area (Å²) < 4.78 is 7.14. The number of thioether (sulfide) groups is 1. The van der Waals surface area contributed by atoms with Gasteiger partial charge in [-0.15, -0.1) is 0 Å². The number of para-hydroxylation sites is 1. The number of anilines is 1. The summed E-state index contributed by atoms with van der Waals surface area (Å²) in [6.07, 6.45) is 1.76. The molecular formula is C24H20N2O4S. The molecule has 1 saturated heterocycles. The Hall–Kier alpha value is -3.58. The molecule has 0 saturated carbocycles. The predicted molar refractivity (Wildman–Crippen MR) is 121 cm³/mol. The topological polar surface area (TPSA) is 68.6 Å². The molecule has 0 spiro atoms. The average molecular weight is 433 g/mol. The SMILES string of the molecule is CC(=O)Oc1ccc(-n2c(C)cc(/C=C3\SC(=O)N(c4ccccc4)C3=O)c2C)cc1. The van der Waals surface area contributed by atoms with Gasteiger partial charge in [-0.3, -0.25) is 14.4 Å². The van der Waals surface area contributed by atoms with Crippen LogP contribution in [0.4, 0.5) is 10.5 Å². The molecule has 2 amide bonds. The van der Waals surface area contributed by atoms with E-state index in [4.69, 9.17) is 4.74 Å². The van der Waals surface area contributed by atoms with E-state index >= 15 is 0 Å². The Morgan fingerprint density at radius 3 is 2.29 bits per heavy atom. The average Bonchev–Trinajstić information content (AvgIpc) is 3.17. The van der Waals surface area contributed by atoms with E-state index in [-0.39, 0.29) is 17.1 Å². The fourth-order valence-corrected chi connectivity index (χ4v) is 4.40. The largest absolute Gasteiger partial charge is 0.427 e. The second-order valence-electron chi connectivity index (χ2n) is 7.10. The Balaban J connectivity index is 1.65. The smallest absolute Gasteiger partial charge is 0.308 e. The minimum absolute atomic E-state index is 0.308. The fourth-order valence-electron chi connectivity index (χ4n) is 3.57. The number of nitrogens with zero attached hydrogens (tertiary/aromatic N) is 2. The zero-order valence-corrected chi connectivity index (χ0v) is 18.1. The second kappa shape index (κ2) is 8.28. The molecule has 0 atom stereocenters. The third kappa shape index (κ3) is 4.04. The number of benzene rings is 2. The third-order valence-electron chi connectivity index (χ3n) is 4.92. The molecular weight excluding hydrogens is 412 g/mol. The molecule has 4 rings (SSSR count). The monoisotopic (exact) mass is 432 g/mol. The first kappa shape index (κ1) is 20.7. The van der Waals surface area contributed by atoms with Crippen LogP contribution in [0.25, 0.3) is 11.8 Å². The Morgan fingerprint density at radius 2 is 1.65 bits per heavy atom. The molecule has 3 aromatic rings. The molecule has 0 N–H and O–H groups in total. The number of hydrogen-bond acceptors (Lipinski definition) is 5. The van der Waals surface area contributed by atoms with Crippen LogP contribution in [0, 0.1) is 13.8 Å². The van der Waals surface area contributed by atoms with Crippen LogP contribution in [0.1, 0.15) is 23.9 Å². The van der Waals surface area contributed by atoms with Crippen molar-refractivity contribution in [2.24, 2.45) is 0 Å². The predicted octanol–water partition coefficient (Wildman–Crippen LogP) is 5.26. The van der Waals surface area contributed by atoms with Crippen LogP contribution in [0.2, 0.25) is 0 Å². The number of esters is 1. The number of hydrogen-bond donors (Lipinski definition) is 0. The number of carbonyl (C=O) groups excluding carboxylic acids is 3. The number of rotatable bonds is 4. The molecule has 156 valence electrons. The van der Waals surface area contributed by atoms with Crippen molar-refractivity contribution in [3.63, 3.8) is 0 Å². The molecule has 0 aliphatic carbocycles. The lowest BCUT2D eigenvalue weighted by molar-refractivity contribution is -0.131. The first-order valence-electron chi connectivity index (χ1n) is 9.66. The van der Waals surface area contributed by atoms with Gasteiger partial charge in [-0.2, -0.15) is 0 Å². The second-order valence-corrected chi connectivity index (χ2v) is 8.10. The summed E-state index contributed by atoms with van der Waals surface area (Å²) in [6.45, 7) is 5.29. The van der Waals surface area contributed by atoms with Crippen molar-refractivity contribution < 1.29 is 19.1 Å². The number of carbonyl (C=O) groups is 3. The summed E-state index contributed by atoms with van der Waals surface area (Å²) >= 11 is 0.940. The molecule has 7 heteroatoms. The summed E-state index contributed by atoms with van der Waals surface area (Å²) in [5.41, 5.74) is 4.24. The van der Waals surface area contributed by atoms with E-state index < -0.39 is 0 Å². The number of aromatic nitrogens is 1. The van der Waals surface area contributed by atoms with Gasteiger partial charge in [0.15, 0.2) is 0 Å². The van der Waals surface area contributed by atoms with Crippen LogP contribution >= 0.6 is 11.8 Å². The highest BCUT2D eigenvalue weighted by Crippen LogP contribution is 2.36. The van der Waals surface area contributed by atoms with E-state index in [9.17, 15) is 14.4 Å². The Kier molecular flexibility index (Phi) is 5.52. The van der Waals surface area contributed by atoms with Gasteiger partial charge < -0.3 is 9.30 Å². The third-order valence-corrected chi connectivity index (χ3v) is 5.79. The van der Waals surface area contributed by atoms with Crippen molar-refractivity contribution in [3.05, 3.63) is 82.5 Å². The van der Waals surface area contributed by atoms with Crippen LogP contribution in [0.3, 0.4) is 0 Å². The van der Waals surface area contributed by atoms with Crippen molar-refractivity contribution in [1.29, 1.82) is 0 Å². The summed E-state index contributed by atoms with van der Waals surface area (Å²) in [5.74, 6) is -0.210. The van der Waals surface area contributed by atoms with Crippen molar-refractivity contribution in [3.8, 4) is 11.4 Å². The van der Waals surface area contributed by atoms with Crippen LogP contribution in [0.5, 0.6) is 5.75 Å². The first-order valence-corrected chi connectivity index (χ1v) is 10.5. The Morgan fingerprint density at radius 1 is 0.968 bits per heavy atom. The molecule has 1 aromatic heterocycles. The van der Waals surface area contributed by atoms with Crippen molar-refractivity contribution in [1.82, 2.24) is 4.57 Å². The van der Waals surface area contributed by atoms with Crippen LogP contribution < -0.4 is 9.64 Å². The summed E-state index contributed by atoms with van der Waals surface area (Å²) in [4.78, 5) is 38.0. The minimum atomic E-state index is -0.368. The maximum absolute atomic E-state index is 12.9. The van der Waals surface area contributed by atoms with Gasteiger partial charge >= 0.3 is 5.97 Å². The number of aryl methyl sites for hydroxylation is 1. The van der Waals surface area contributed by atoms with Gasteiger partial charge in [0, 0.05) is 24.0 Å². The molecule has 2 aromatic carbocycles. The summed E-state index contributed by atoms with van der Waals surface area (Å²) in [7, 11) is 0. The van der Waals surface area contributed by atoms with Gasteiger partial charge in [0.25, 0.3) is 11.1 Å². The lowest BCUT2D eigenvalue weighted by Crippen LogP contribution is -2.27. The number of imide groups is 1. The van der Waals surface area contributed by atoms with E-state index in [0.717, 1.165) is 34.4 Å². The minimum Gasteiger partial charge on any atom is -0.427 e. The van der Waals surface area contributed by atoms with E-state index in [1.54, 1.807) is 42.5 Å². The van der Waals surface area contributed by atoms with Crippen LogP contribution in [-0.2, 0) is 9.59 Å². The molecule has 0 radical (unpaired) electrons. The van der Waals surface area contributed by atoms with Gasteiger partial charge in [0.2, 0.25) is 0 Å². The Labute approximate surface area is 184 Å². The molecule has 1 fully saturated rings. The van der Waals surface area contributed by atoms with Gasteiger partial charge in [0.05, 0.1) is 10.6 Å². The zero-order chi connectivity index (χ0) is 22.1. The molecule has 1 aliphatic heterocycles. The van der Waals surface area contributed by atoms with E-state index in [2.05, 4.69) is 0 Å². The normalized spacial score (nSPS) is 15.1. The van der Waals surface area contributed by atoms with Gasteiger partial charge in [-0.1, -0.05) is 18.2 Å².